The van der Waals surface area contributed by atoms with Crippen LogP contribution < -0.4 is 10.6 Å². The molecule has 3 N–H and O–H groups in total. The summed E-state index contributed by atoms with van der Waals surface area (Å²) in [7, 11) is 0. The van der Waals surface area contributed by atoms with Crippen molar-refractivity contribution in [3.63, 3.8) is 0 Å². The molecule has 0 bridgehead atoms. The van der Waals surface area contributed by atoms with E-state index in [0.29, 0.717) is 30.9 Å². The fourth-order valence-corrected chi connectivity index (χ4v) is 7.92. The van der Waals surface area contributed by atoms with Crippen molar-refractivity contribution in [1.29, 1.82) is 0 Å². The number of H-pyrrole nitrogens is 1. The van der Waals surface area contributed by atoms with Crippen LogP contribution in [0, 0.1) is 0 Å². The van der Waals surface area contributed by atoms with Crippen molar-refractivity contribution in [2.75, 3.05) is 43.4 Å². The van der Waals surface area contributed by atoms with E-state index in [4.69, 9.17) is 0 Å². The number of piperidine rings is 1. The lowest BCUT2D eigenvalue weighted by Crippen LogP contribution is -2.49. The molecule has 2 atom stereocenters. The number of carbonyl (C=O) groups excluding carboxylic acids is 4. The van der Waals surface area contributed by atoms with Crippen LogP contribution in [0.4, 0.5) is 11.4 Å². The van der Waals surface area contributed by atoms with Gasteiger partial charge < -0.3 is 25.4 Å². The van der Waals surface area contributed by atoms with Crippen molar-refractivity contribution in [2.45, 2.75) is 64.0 Å². The molecule has 2 aliphatic heterocycles. The molecule has 3 heterocycles. The second-order valence-corrected chi connectivity index (χ2v) is 14.7. The van der Waals surface area contributed by atoms with Crippen LogP contribution >= 0.6 is 0 Å². The van der Waals surface area contributed by atoms with Gasteiger partial charge in [-0.05, 0) is 98.3 Å². The van der Waals surface area contributed by atoms with Crippen LogP contribution in [0.15, 0.2) is 109 Å². The van der Waals surface area contributed by atoms with E-state index in [-0.39, 0.29) is 42.6 Å². The number of rotatable bonds is 13. The first-order valence-corrected chi connectivity index (χ1v) is 19.6. The van der Waals surface area contributed by atoms with E-state index >= 15 is 0 Å². The summed E-state index contributed by atoms with van der Waals surface area (Å²) in [5.41, 5.74) is 5.98. The fraction of sp³-hybridized carbons (Fsp3) is 0.333. The van der Waals surface area contributed by atoms with E-state index in [1.165, 1.54) is 6.42 Å². The number of amides is 4. The molecule has 0 aliphatic carbocycles. The number of nitrogens with one attached hydrogen (secondary N) is 3. The molecule has 5 aromatic rings. The number of nitrogens with zero attached hydrogens (tertiary/aromatic N) is 3. The Hall–Kier alpha value is -5.74. The van der Waals surface area contributed by atoms with Gasteiger partial charge in [-0.25, -0.2) is 0 Å². The Morgan fingerprint density at radius 3 is 2.22 bits per heavy atom. The largest absolute Gasteiger partial charge is 0.355 e. The zero-order chi connectivity index (χ0) is 38.1. The van der Waals surface area contributed by atoms with Crippen molar-refractivity contribution >= 4 is 45.9 Å². The van der Waals surface area contributed by atoms with Gasteiger partial charge in [0.1, 0.15) is 12.1 Å². The van der Waals surface area contributed by atoms with E-state index in [0.717, 1.165) is 72.1 Å². The van der Waals surface area contributed by atoms with Crippen molar-refractivity contribution < 1.29 is 19.2 Å². The molecular formula is C45H50N6O4. The van der Waals surface area contributed by atoms with Gasteiger partial charge in [0, 0.05) is 41.1 Å². The molecular weight excluding hydrogens is 689 g/mol. The highest BCUT2D eigenvalue weighted by molar-refractivity contribution is 6.00. The number of likely N-dealkylation sites (tertiary alicyclic amines) is 2. The molecule has 2 unspecified atom stereocenters. The number of aromatic nitrogens is 1. The van der Waals surface area contributed by atoms with Gasteiger partial charge in [0.05, 0.1) is 13.0 Å². The van der Waals surface area contributed by atoms with Gasteiger partial charge in [0.2, 0.25) is 23.6 Å². The van der Waals surface area contributed by atoms with E-state index in [2.05, 4.69) is 20.5 Å². The molecule has 2 aliphatic rings. The number of fused-ring (bicyclic) bond motifs is 1. The summed E-state index contributed by atoms with van der Waals surface area (Å²) in [5.74, 6) is -0.473. The average Bonchev–Trinajstić information content (AvgIpc) is 3.88. The molecule has 4 amide bonds. The molecule has 0 spiro atoms. The Balaban J connectivity index is 0.976. The Kier molecular flexibility index (Phi) is 12.0. The van der Waals surface area contributed by atoms with Crippen LogP contribution in [0.3, 0.4) is 0 Å². The maximum absolute atomic E-state index is 14.2. The molecule has 55 heavy (non-hydrogen) atoms. The summed E-state index contributed by atoms with van der Waals surface area (Å²) < 4.78 is 0. The van der Waals surface area contributed by atoms with Gasteiger partial charge in [-0.1, -0.05) is 86.1 Å². The third-order valence-corrected chi connectivity index (χ3v) is 10.7. The highest BCUT2D eigenvalue weighted by atomic mass is 16.2. The number of hydrogen-bond donors (Lipinski definition) is 3. The SMILES string of the molecule is CCCN(CC(=O)Nc1ccc(-c2cc3cc(NC(=O)C4CCCN4C(=O)C(c4ccccc4)N4CCCCC4)ccc3[nH]2)cc1)C(=O)Cc1ccccc1. The minimum atomic E-state index is -0.524. The second kappa shape index (κ2) is 17.6. The standard InChI is InChI=1S/C45H50N6O4/c1-2-24-50(42(53)28-32-13-6-3-7-14-32)31-41(52)46-36-20-18-33(19-21-36)39-30-35-29-37(22-23-38(35)48-39)47-44(54)40-17-12-27-51(40)45(55)43(34-15-8-4-9-16-34)49-25-10-5-11-26-49/h3-4,6-9,13-16,18-23,29-30,40,43,48H,2,5,10-12,17,24-28,31H2,1H3,(H,46,52)(H,47,54). The molecule has 1 aromatic heterocycles. The Labute approximate surface area is 322 Å². The first kappa shape index (κ1) is 37.6. The predicted molar refractivity (Wildman–Crippen MR) is 217 cm³/mol. The number of anilines is 2. The lowest BCUT2D eigenvalue weighted by Gasteiger charge is -2.37. The number of aromatic amines is 1. The number of hydrogen-bond acceptors (Lipinski definition) is 5. The van der Waals surface area contributed by atoms with Crippen molar-refractivity contribution in [1.82, 2.24) is 19.7 Å². The third kappa shape index (κ3) is 9.15. The molecule has 0 radical (unpaired) electrons. The average molecular weight is 739 g/mol. The highest BCUT2D eigenvalue weighted by Crippen LogP contribution is 2.32. The van der Waals surface area contributed by atoms with Crippen molar-refractivity contribution in [3.8, 4) is 11.3 Å². The monoisotopic (exact) mass is 738 g/mol. The van der Waals surface area contributed by atoms with Crippen LogP contribution in [0.1, 0.15) is 62.6 Å². The smallest absolute Gasteiger partial charge is 0.247 e. The molecule has 2 fully saturated rings. The van der Waals surface area contributed by atoms with Crippen LogP contribution in [0.5, 0.6) is 0 Å². The Morgan fingerprint density at radius 2 is 1.49 bits per heavy atom. The number of carbonyl (C=O) groups is 4. The zero-order valence-electron chi connectivity index (χ0n) is 31.5. The lowest BCUT2D eigenvalue weighted by atomic mass is 10.00. The molecule has 10 nitrogen and oxygen atoms in total. The predicted octanol–water partition coefficient (Wildman–Crippen LogP) is 7.41. The summed E-state index contributed by atoms with van der Waals surface area (Å²) in [6, 6.07) is 34.0. The van der Waals surface area contributed by atoms with Crippen LogP contribution in [0.2, 0.25) is 0 Å². The van der Waals surface area contributed by atoms with E-state index < -0.39 is 6.04 Å². The fourth-order valence-electron chi connectivity index (χ4n) is 7.92. The maximum atomic E-state index is 14.2. The number of benzene rings is 4. The molecule has 4 aromatic carbocycles. The van der Waals surface area contributed by atoms with E-state index in [1.54, 1.807) is 9.80 Å². The second-order valence-electron chi connectivity index (χ2n) is 14.7. The first-order valence-electron chi connectivity index (χ1n) is 19.6. The highest BCUT2D eigenvalue weighted by Gasteiger charge is 2.40. The summed E-state index contributed by atoms with van der Waals surface area (Å²) in [4.78, 5) is 63.0. The maximum Gasteiger partial charge on any atom is 0.247 e. The van der Waals surface area contributed by atoms with Crippen LogP contribution in [-0.4, -0.2) is 82.1 Å². The summed E-state index contributed by atoms with van der Waals surface area (Å²) >= 11 is 0. The Morgan fingerprint density at radius 1 is 0.782 bits per heavy atom. The molecule has 0 saturated carbocycles. The van der Waals surface area contributed by atoms with Gasteiger partial charge in [0.15, 0.2) is 0 Å². The van der Waals surface area contributed by atoms with Gasteiger partial charge >= 0.3 is 0 Å². The molecule has 10 heteroatoms. The van der Waals surface area contributed by atoms with E-state index in [9.17, 15) is 19.2 Å². The first-order chi connectivity index (χ1) is 26.9. The third-order valence-electron chi connectivity index (χ3n) is 10.7. The van der Waals surface area contributed by atoms with Gasteiger partial charge in [-0.2, -0.15) is 0 Å². The van der Waals surface area contributed by atoms with Crippen LogP contribution in [0.25, 0.3) is 22.2 Å². The van der Waals surface area contributed by atoms with Crippen molar-refractivity contribution in [2.24, 2.45) is 0 Å². The van der Waals surface area contributed by atoms with E-state index in [1.807, 2.05) is 116 Å². The van der Waals surface area contributed by atoms with Crippen LogP contribution in [-0.2, 0) is 25.6 Å². The Bertz CT molecular complexity index is 2090. The summed E-state index contributed by atoms with van der Waals surface area (Å²) in [5, 5.41) is 6.98. The lowest BCUT2D eigenvalue weighted by molar-refractivity contribution is -0.142. The molecule has 2 saturated heterocycles. The summed E-state index contributed by atoms with van der Waals surface area (Å²) in [6.45, 7) is 4.83. The normalized spacial score (nSPS) is 16.5. The van der Waals surface area contributed by atoms with Crippen molar-refractivity contribution in [3.05, 3.63) is 120 Å². The summed E-state index contributed by atoms with van der Waals surface area (Å²) in [6.07, 6.45) is 5.78. The molecule has 284 valence electrons. The quantitative estimate of drug-likeness (QED) is 0.116. The van der Waals surface area contributed by atoms with Gasteiger partial charge in [-0.3, -0.25) is 24.1 Å². The zero-order valence-corrected chi connectivity index (χ0v) is 31.5. The van der Waals surface area contributed by atoms with Gasteiger partial charge in [0.25, 0.3) is 0 Å². The minimum absolute atomic E-state index is 0.00876. The topological polar surface area (TPSA) is 118 Å². The molecule has 7 rings (SSSR count). The minimum Gasteiger partial charge on any atom is -0.355 e. The van der Waals surface area contributed by atoms with Gasteiger partial charge in [-0.15, -0.1) is 0 Å².